The van der Waals surface area contributed by atoms with Crippen molar-refractivity contribution in [3.05, 3.63) is 60.2 Å². The minimum atomic E-state index is -0.496. The highest BCUT2D eigenvalue weighted by Crippen LogP contribution is 2.21. The topological polar surface area (TPSA) is 81.1 Å². The zero-order valence-corrected chi connectivity index (χ0v) is 14.8. The molecule has 0 saturated heterocycles. The van der Waals surface area contributed by atoms with Gasteiger partial charge in [-0.1, -0.05) is 54.6 Å². The van der Waals surface area contributed by atoms with E-state index < -0.39 is 6.04 Å². The molecule has 0 aliphatic carbocycles. The standard InChI is InChI=1S/C19H25N3O.ClH/c1-14(22-19(23)18(21)8-5-13-20)15-9-11-17(12-10-15)16-6-3-2-4-7-16;/h2-4,6-7,9-12,14,18H,5,8,13,20-21H2,1H3,(H,22,23);1H/t14-,18+;/m0./s1. The third-order valence-electron chi connectivity index (χ3n) is 3.93. The van der Waals surface area contributed by atoms with Crippen LogP contribution in [0, 0.1) is 0 Å². The predicted molar refractivity (Wildman–Crippen MR) is 102 cm³/mol. The number of hydrogen-bond acceptors (Lipinski definition) is 3. The van der Waals surface area contributed by atoms with E-state index in [4.69, 9.17) is 11.5 Å². The molecule has 2 rings (SSSR count). The summed E-state index contributed by atoms with van der Waals surface area (Å²) in [6.07, 6.45) is 1.37. The van der Waals surface area contributed by atoms with Gasteiger partial charge in [-0.2, -0.15) is 0 Å². The van der Waals surface area contributed by atoms with Crippen LogP contribution in [0.1, 0.15) is 31.4 Å². The van der Waals surface area contributed by atoms with E-state index >= 15 is 0 Å². The molecule has 2 aromatic carbocycles. The molecule has 2 aromatic rings. The summed E-state index contributed by atoms with van der Waals surface area (Å²) >= 11 is 0. The van der Waals surface area contributed by atoms with Gasteiger partial charge in [-0.25, -0.2) is 0 Å². The fraction of sp³-hybridized carbons (Fsp3) is 0.316. The number of nitrogens with one attached hydrogen (secondary N) is 1. The van der Waals surface area contributed by atoms with Crippen molar-refractivity contribution in [3.63, 3.8) is 0 Å². The number of carbonyl (C=O) groups excluding carboxylic acids is 1. The maximum absolute atomic E-state index is 12.0. The average molecular weight is 348 g/mol. The number of amides is 1. The number of halogens is 1. The summed E-state index contributed by atoms with van der Waals surface area (Å²) in [7, 11) is 0. The Labute approximate surface area is 150 Å². The van der Waals surface area contributed by atoms with Crippen LogP contribution in [-0.2, 0) is 4.79 Å². The Morgan fingerprint density at radius 2 is 1.62 bits per heavy atom. The van der Waals surface area contributed by atoms with E-state index in [9.17, 15) is 4.79 Å². The molecule has 24 heavy (non-hydrogen) atoms. The number of rotatable bonds is 7. The molecule has 0 aromatic heterocycles. The van der Waals surface area contributed by atoms with E-state index in [1.54, 1.807) is 0 Å². The van der Waals surface area contributed by atoms with Crippen LogP contribution in [0.5, 0.6) is 0 Å². The molecule has 0 radical (unpaired) electrons. The number of nitrogens with two attached hydrogens (primary N) is 2. The molecule has 5 heteroatoms. The van der Waals surface area contributed by atoms with Gasteiger partial charge in [0.25, 0.3) is 0 Å². The van der Waals surface area contributed by atoms with Crippen molar-refractivity contribution in [1.29, 1.82) is 0 Å². The van der Waals surface area contributed by atoms with Crippen LogP contribution in [0.3, 0.4) is 0 Å². The molecule has 0 bridgehead atoms. The van der Waals surface area contributed by atoms with Crippen molar-refractivity contribution in [1.82, 2.24) is 5.32 Å². The van der Waals surface area contributed by atoms with Gasteiger partial charge in [-0.3, -0.25) is 4.79 Å². The van der Waals surface area contributed by atoms with Crippen molar-refractivity contribution in [2.45, 2.75) is 31.8 Å². The van der Waals surface area contributed by atoms with Crippen molar-refractivity contribution in [2.75, 3.05) is 6.54 Å². The third-order valence-corrected chi connectivity index (χ3v) is 3.93. The normalized spacial score (nSPS) is 12.8. The molecule has 4 nitrogen and oxygen atoms in total. The molecule has 0 saturated carbocycles. The summed E-state index contributed by atoms with van der Waals surface area (Å²) in [5.41, 5.74) is 14.7. The molecule has 0 fully saturated rings. The number of hydrogen-bond donors (Lipinski definition) is 3. The molecule has 0 unspecified atom stereocenters. The summed E-state index contributed by atoms with van der Waals surface area (Å²) in [5.74, 6) is -0.127. The van der Waals surface area contributed by atoms with Crippen LogP contribution >= 0.6 is 12.4 Å². The Hall–Kier alpha value is -1.88. The minimum Gasteiger partial charge on any atom is -0.348 e. The van der Waals surface area contributed by atoms with E-state index in [-0.39, 0.29) is 24.4 Å². The maximum atomic E-state index is 12.0. The molecule has 0 aliphatic rings. The Kier molecular flexibility index (Phi) is 8.47. The fourth-order valence-corrected chi connectivity index (χ4v) is 2.47. The smallest absolute Gasteiger partial charge is 0.237 e. The van der Waals surface area contributed by atoms with Gasteiger partial charge in [0.05, 0.1) is 12.1 Å². The first kappa shape index (κ1) is 20.2. The highest BCUT2D eigenvalue weighted by atomic mass is 35.5. The van der Waals surface area contributed by atoms with Gasteiger partial charge in [0.1, 0.15) is 0 Å². The first-order chi connectivity index (χ1) is 11.1. The first-order valence-electron chi connectivity index (χ1n) is 8.03. The molecule has 2 atom stereocenters. The monoisotopic (exact) mass is 347 g/mol. The fourth-order valence-electron chi connectivity index (χ4n) is 2.47. The lowest BCUT2D eigenvalue weighted by Crippen LogP contribution is -2.41. The van der Waals surface area contributed by atoms with E-state index in [1.165, 1.54) is 5.56 Å². The van der Waals surface area contributed by atoms with Crippen molar-refractivity contribution in [3.8, 4) is 11.1 Å². The van der Waals surface area contributed by atoms with Gasteiger partial charge >= 0.3 is 0 Å². The molecular formula is C19H26ClN3O. The molecule has 1 amide bonds. The quantitative estimate of drug-likeness (QED) is 0.720. The van der Waals surface area contributed by atoms with E-state index in [0.29, 0.717) is 13.0 Å². The van der Waals surface area contributed by atoms with Crippen molar-refractivity contribution in [2.24, 2.45) is 11.5 Å². The lowest BCUT2D eigenvalue weighted by molar-refractivity contribution is -0.123. The van der Waals surface area contributed by atoms with E-state index in [2.05, 4.69) is 29.6 Å². The zero-order chi connectivity index (χ0) is 16.7. The molecule has 0 heterocycles. The van der Waals surface area contributed by atoms with Crippen LogP contribution in [-0.4, -0.2) is 18.5 Å². The highest BCUT2D eigenvalue weighted by molar-refractivity contribution is 5.85. The Balaban J connectivity index is 0.00000288. The van der Waals surface area contributed by atoms with Crippen LogP contribution in [0.4, 0.5) is 0 Å². The molecule has 0 spiro atoms. The summed E-state index contributed by atoms with van der Waals surface area (Å²) in [6, 6.07) is 17.9. The summed E-state index contributed by atoms with van der Waals surface area (Å²) < 4.78 is 0. The largest absolute Gasteiger partial charge is 0.348 e. The van der Waals surface area contributed by atoms with Gasteiger partial charge in [0.15, 0.2) is 0 Å². The summed E-state index contributed by atoms with van der Waals surface area (Å²) in [4.78, 5) is 12.0. The lowest BCUT2D eigenvalue weighted by atomic mass is 10.0. The first-order valence-corrected chi connectivity index (χ1v) is 8.03. The van der Waals surface area contributed by atoms with Gasteiger partial charge in [0, 0.05) is 0 Å². The Morgan fingerprint density at radius 1 is 1.04 bits per heavy atom. The highest BCUT2D eigenvalue weighted by Gasteiger charge is 2.16. The third kappa shape index (κ3) is 5.64. The van der Waals surface area contributed by atoms with E-state index in [1.807, 2.05) is 37.3 Å². The zero-order valence-electron chi connectivity index (χ0n) is 13.9. The predicted octanol–water partition coefficient (Wildman–Crippen LogP) is 3.02. The van der Waals surface area contributed by atoms with Gasteiger partial charge in [-0.15, -0.1) is 12.4 Å². The molecule has 0 aliphatic heterocycles. The second-order valence-electron chi connectivity index (χ2n) is 5.76. The summed E-state index contributed by atoms with van der Waals surface area (Å²) in [6.45, 7) is 2.52. The second kappa shape index (κ2) is 10.1. The van der Waals surface area contributed by atoms with E-state index in [0.717, 1.165) is 17.5 Å². The molecule has 5 N–H and O–H groups in total. The number of benzene rings is 2. The maximum Gasteiger partial charge on any atom is 0.237 e. The van der Waals surface area contributed by atoms with Crippen LogP contribution in [0.25, 0.3) is 11.1 Å². The SMILES string of the molecule is C[C@H](NC(=O)[C@H](N)CCCN)c1ccc(-c2ccccc2)cc1.Cl. The Bertz CT molecular complexity index is 616. The van der Waals surface area contributed by atoms with Crippen LogP contribution < -0.4 is 16.8 Å². The van der Waals surface area contributed by atoms with Crippen molar-refractivity contribution >= 4 is 18.3 Å². The van der Waals surface area contributed by atoms with Gasteiger partial charge < -0.3 is 16.8 Å². The lowest BCUT2D eigenvalue weighted by Gasteiger charge is -2.18. The van der Waals surface area contributed by atoms with Crippen molar-refractivity contribution < 1.29 is 4.79 Å². The Morgan fingerprint density at radius 3 is 2.21 bits per heavy atom. The van der Waals surface area contributed by atoms with Gasteiger partial charge in [0.2, 0.25) is 5.91 Å². The summed E-state index contributed by atoms with van der Waals surface area (Å²) in [5, 5.41) is 2.96. The minimum absolute atomic E-state index is 0. The number of carbonyl (C=O) groups is 1. The molecular weight excluding hydrogens is 322 g/mol. The van der Waals surface area contributed by atoms with Crippen LogP contribution in [0.15, 0.2) is 54.6 Å². The second-order valence-corrected chi connectivity index (χ2v) is 5.76. The van der Waals surface area contributed by atoms with Crippen LogP contribution in [0.2, 0.25) is 0 Å². The molecule has 130 valence electrons. The van der Waals surface area contributed by atoms with Gasteiger partial charge in [-0.05, 0) is 43.0 Å². The average Bonchev–Trinajstić information content (AvgIpc) is 2.60.